The van der Waals surface area contributed by atoms with E-state index in [9.17, 15) is 9.59 Å². The quantitative estimate of drug-likeness (QED) is 0.925. The average molecular weight is 313 g/mol. The van der Waals surface area contributed by atoms with Crippen LogP contribution in [0.3, 0.4) is 0 Å². The zero-order valence-corrected chi connectivity index (χ0v) is 13.6. The number of aryl methyl sites for hydroxylation is 2. The maximum Gasteiger partial charge on any atom is 0.256 e. The highest BCUT2D eigenvalue weighted by atomic mass is 16.5. The number of carbonyl (C=O) groups excluding carboxylic acids is 2. The molecule has 1 aliphatic heterocycles. The molecule has 2 heterocycles. The molecule has 0 saturated carbocycles. The highest BCUT2D eigenvalue weighted by Crippen LogP contribution is 2.33. The van der Waals surface area contributed by atoms with E-state index in [2.05, 4.69) is 10.4 Å². The Bertz CT molecular complexity index is 805. The lowest BCUT2D eigenvalue weighted by molar-refractivity contribution is 0.0620. The predicted molar refractivity (Wildman–Crippen MR) is 86.0 cm³/mol. The van der Waals surface area contributed by atoms with E-state index in [0.717, 1.165) is 5.69 Å². The smallest absolute Gasteiger partial charge is 0.256 e. The van der Waals surface area contributed by atoms with E-state index in [0.29, 0.717) is 29.1 Å². The summed E-state index contributed by atoms with van der Waals surface area (Å²) in [5.74, 6) is 0.837. The number of benzene rings is 1. The minimum absolute atomic E-state index is 0.0118. The van der Waals surface area contributed by atoms with Gasteiger partial charge < -0.3 is 10.1 Å². The lowest BCUT2D eigenvalue weighted by atomic mass is 9.92. The van der Waals surface area contributed by atoms with Crippen molar-refractivity contribution < 1.29 is 14.3 Å². The third-order valence-corrected chi connectivity index (χ3v) is 3.76. The van der Waals surface area contributed by atoms with Crippen molar-refractivity contribution in [1.29, 1.82) is 0 Å². The molecular formula is C17H19N3O3. The molecule has 1 amide bonds. The Kier molecular flexibility index (Phi) is 3.47. The molecule has 0 aliphatic carbocycles. The van der Waals surface area contributed by atoms with Gasteiger partial charge in [0.1, 0.15) is 17.2 Å². The van der Waals surface area contributed by atoms with E-state index in [1.807, 2.05) is 20.8 Å². The standard InChI is InChI=1S/C17H19N3O3/c1-10-7-15(20(4)19-10)18-16(22)11-5-6-14-12(8-11)13(21)9-17(2,3)23-14/h5-8H,9H2,1-4H3,(H,18,22). The molecule has 1 aromatic heterocycles. The molecule has 0 spiro atoms. The van der Waals surface area contributed by atoms with Crippen molar-refractivity contribution >= 4 is 17.5 Å². The number of fused-ring (bicyclic) bond motifs is 1. The van der Waals surface area contributed by atoms with Gasteiger partial charge in [-0.1, -0.05) is 0 Å². The van der Waals surface area contributed by atoms with Crippen LogP contribution in [0.5, 0.6) is 5.75 Å². The summed E-state index contributed by atoms with van der Waals surface area (Å²) in [7, 11) is 1.76. The first-order valence-corrected chi connectivity index (χ1v) is 7.43. The number of hydrogen-bond acceptors (Lipinski definition) is 4. The van der Waals surface area contributed by atoms with Gasteiger partial charge in [0.15, 0.2) is 5.78 Å². The summed E-state index contributed by atoms with van der Waals surface area (Å²) in [6.07, 6.45) is 0.298. The van der Waals surface area contributed by atoms with Crippen molar-refractivity contribution in [3.63, 3.8) is 0 Å². The van der Waals surface area contributed by atoms with E-state index < -0.39 is 5.60 Å². The first-order valence-electron chi connectivity index (χ1n) is 7.43. The highest BCUT2D eigenvalue weighted by Gasteiger charge is 2.32. The van der Waals surface area contributed by atoms with Gasteiger partial charge in [0.25, 0.3) is 5.91 Å². The van der Waals surface area contributed by atoms with Crippen molar-refractivity contribution in [2.75, 3.05) is 5.32 Å². The fourth-order valence-electron chi connectivity index (χ4n) is 2.71. The molecule has 1 aromatic carbocycles. The molecule has 6 heteroatoms. The SMILES string of the molecule is Cc1cc(NC(=O)c2ccc3c(c2)C(=O)CC(C)(C)O3)n(C)n1. The number of Topliss-reactive ketones (excluding diaryl/α,β-unsaturated/α-hetero) is 1. The Morgan fingerprint density at radius 3 is 2.74 bits per heavy atom. The molecule has 0 radical (unpaired) electrons. The normalized spacial score (nSPS) is 15.7. The molecule has 0 bridgehead atoms. The van der Waals surface area contributed by atoms with Crippen LogP contribution in [-0.2, 0) is 7.05 Å². The number of carbonyl (C=O) groups is 2. The van der Waals surface area contributed by atoms with Gasteiger partial charge in [-0.3, -0.25) is 14.3 Å². The molecule has 23 heavy (non-hydrogen) atoms. The first kappa shape index (κ1) is 15.3. The summed E-state index contributed by atoms with van der Waals surface area (Å²) in [6, 6.07) is 6.71. The minimum Gasteiger partial charge on any atom is -0.487 e. The maximum absolute atomic E-state index is 12.4. The second-order valence-electron chi connectivity index (χ2n) is 6.42. The zero-order chi connectivity index (χ0) is 16.8. The number of ether oxygens (including phenoxy) is 1. The Labute approximate surface area is 134 Å². The van der Waals surface area contributed by atoms with E-state index in [-0.39, 0.29) is 11.7 Å². The fourth-order valence-corrected chi connectivity index (χ4v) is 2.71. The molecule has 0 fully saturated rings. The summed E-state index contributed by atoms with van der Waals surface area (Å²) in [5.41, 5.74) is 1.18. The van der Waals surface area contributed by atoms with Crippen LogP contribution in [0, 0.1) is 6.92 Å². The summed E-state index contributed by atoms with van der Waals surface area (Å²) in [6.45, 7) is 5.60. The summed E-state index contributed by atoms with van der Waals surface area (Å²) in [5, 5.41) is 6.98. The van der Waals surface area contributed by atoms with Gasteiger partial charge in [0.2, 0.25) is 0 Å². The van der Waals surface area contributed by atoms with Gasteiger partial charge in [0.05, 0.1) is 17.7 Å². The summed E-state index contributed by atoms with van der Waals surface area (Å²) >= 11 is 0. The Morgan fingerprint density at radius 1 is 1.35 bits per heavy atom. The Balaban J connectivity index is 1.87. The molecule has 6 nitrogen and oxygen atoms in total. The van der Waals surface area contributed by atoms with Crippen LogP contribution in [0.2, 0.25) is 0 Å². The maximum atomic E-state index is 12.4. The number of ketones is 1. The Hall–Kier alpha value is -2.63. The molecule has 0 saturated heterocycles. The lowest BCUT2D eigenvalue weighted by Crippen LogP contribution is -2.36. The van der Waals surface area contributed by atoms with Gasteiger partial charge in [0, 0.05) is 18.7 Å². The molecule has 0 unspecified atom stereocenters. The zero-order valence-electron chi connectivity index (χ0n) is 13.6. The summed E-state index contributed by atoms with van der Waals surface area (Å²) < 4.78 is 7.40. The van der Waals surface area contributed by atoms with Crippen molar-refractivity contribution in [3.05, 3.63) is 41.1 Å². The largest absolute Gasteiger partial charge is 0.487 e. The van der Waals surface area contributed by atoms with Gasteiger partial charge >= 0.3 is 0 Å². The van der Waals surface area contributed by atoms with Gasteiger partial charge in [-0.25, -0.2) is 0 Å². The van der Waals surface area contributed by atoms with Crippen LogP contribution in [0.4, 0.5) is 5.82 Å². The fraction of sp³-hybridized carbons (Fsp3) is 0.353. The third kappa shape index (κ3) is 2.97. The number of anilines is 1. The van der Waals surface area contributed by atoms with Crippen LogP contribution in [-0.4, -0.2) is 27.1 Å². The van der Waals surface area contributed by atoms with Crippen molar-refractivity contribution in [2.24, 2.45) is 7.05 Å². The molecule has 0 atom stereocenters. The van der Waals surface area contributed by atoms with Crippen molar-refractivity contribution in [3.8, 4) is 5.75 Å². The number of nitrogens with one attached hydrogen (secondary N) is 1. The van der Waals surface area contributed by atoms with Gasteiger partial charge in [-0.05, 0) is 39.0 Å². The topological polar surface area (TPSA) is 73.2 Å². The molecule has 120 valence electrons. The number of rotatable bonds is 2. The molecular weight excluding hydrogens is 294 g/mol. The average Bonchev–Trinajstić information content (AvgIpc) is 2.75. The predicted octanol–water partition coefficient (Wildman–Crippen LogP) is 2.72. The highest BCUT2D eigenvalue weighted by molar-refractivity contribution is 6.07. The van der Waals surface area contributed by atoms with Crippen LogP contribution < -0.4 is 10.1 Å². The van der Waals surface area contributed by atoms with Crippen molar-refractivity contribution in [1.82, 2.24) is 9.78 Å². The second kappa shape index (κ2) is 5.22. The van der Waals surface area contributed by atoms with E-state index in [4.69, 9.17) is 4.74 Å². The Morgan fingerprint density at radius 2 is 2.09 bits per heavy atom. The van der Waals surface area contributed by atoms with Crippen LogP contribution in [0.1, 0.15) is 46.7 Å². The molecule has 3 rings (SSSR count). The van der Waals surface area contributed by atoms with Crippen LogP contribution in [0.15, 0.2) is 24.3 Å². The number of hydrogen-bond donors (Lipinski definition) is 1. The molecule has 2 aromatic rings. The van der Waals surface area contributed by atoms with Gasteiger partial charge in [-0.15, -0.1) is 0 Å². The summed E-state index contributed by atoms with van der Waals surface area (Å²) in [4.78, 5) is 24.7. The van der Waals surface area contributed by atoms with Crippen LogP contribution in [0.25, 0.3) is 0 Å². The number of aromatic nitrogens is 2. The molecule has 1 N–H and O–H groups in total. The first-order chi connectivity index (χ1) is 10.7. The van der Waals surface area contributed by atoms with Crippen molar-refractivity contribution in [2.45, 2.75) is 32.8 Å². The second-order valence-corrected chi connectivity index (χ2v) is 6.42. The molecule has 1 aliphatic rings. The van der Waals surface area contributed by atoms with E-state index in [1.165, 1.54) is 0 Å². The monoisotopic (exact) mass is 313 g/mol. The minimum atomic E-state index is -0.514. The van der Waals surface area contributed by atoms with Crippen LogP contribution >= 0.6 is 0 Å². The number of nitrogens with zero attached hydrogens (tertiary/aromatic N) is 2. The lowest BCUT2D eigenvalue weighted by Gasteiger charge is -2.31. The number of amides is 1. The van der Waals surface area contributed by atoms with E-state index >= 15 is 0 Å². The van der Waals surface area contributed by atoms with E-state index in [1.54, 1.807) is 36.0 Å². The van der Waals surface area contributed by atoms with Gasteiger partial charge in [-0.2, -0.15) is 5.10 Å². The third-order valence-electron chi connectivity index (χ3n) is 3.76.